The van der Waals surface area contributed by atoms with Crippen LogP contribution in [0, 0.1) is 0 Å². The number of carbonyl (C=O) groups excluding carboxylic acids is 1. The first-order valence-corrected chi connectivity index (χ1v) is 8.44. The van der Waals surface area contributed by atoms with Crippen LogP contribution < -0.4 is 14.8 Å². The molecule has 0 radical (unpaired) electrons. The predicted octanol–water partition coefficient (Wildman–Crippen LogP) is 3.89. The van der Waals surface area contributed by atoms with Gasteiger partial charge in [0.2, 0.25) is 5.91 Å². The molecule has 0 atom stereocenters. The number of ether oxygens (including phenoxy) is 2. The van der Waals surface area contributed by atoms with Crippen molar-refractivity contribution < 1.29 is 14.3 Å². The maximum Gasteiger partial charge on any atom is 0.235 e. The summed E-state index contributed by atoms with van der Waals surface area (Å²) in [5.41, 5.74) is 1.36. The topological polar surface area (TPSA) is 47.6 Å². The molecular formula is C18H16BrNO3. The summed E-state index contributed by atoms with van der Waals surface area (Å²) in [7, 11) is 0. The van der Waals surface area contributed by atoms with E-state index in [1.165, 1.54) is 0 Å². The van der Waals surface area contributed by atoms with Gasteiger partial charge >= 0.3 is 0 Å². The monoisotopic (exact) mass is 373 g/mol. The minimum atomic E-state index is -0.442. The number of nitrogens with one attached hydrogen (secondary N) is 1. The van der Waals surface area contributed by atoms with Crippen molar-refractivity contribution in [1.82, 2.24) is 0 Å². The molecule has 4 nitrogen and oxygen atoms in total. The van der Waals surface area contributed by atoms with E-state index < -0.39 is 5.41 Å². The van der Waals surface area contributed by atoms with Gasteiger partial charge < -0.3 is 14.8 Å². The Kier molecular flexibility index (Phi) is 3.53. The van der Waals surface area contributed by atoms with Gasteiger partial charge in [-0.05, 0) is 54.8 Å². The summed E-state index contributed by atoms with van der Waals surface area (Å²) in [6, 6.07) is 13.4. The summed E-state index contributed by atoms with van der Waals surface area (Å²) in [5, 5.41) is 3.02. The molecule has 2 aliphatic rings. The van der Waals surface area contributed by atoms with Crippen LogP contribution in [0.5, 0.6) is 11.5 Å². The van der Waals surface area contributed by atoms with Crippen LogP contribution in [0.4, 0.5) is 5.69 Å². The van der Waals surface area contributed by atoms with Crippen molar-refractivity contribution in [2.75, 3.05) is 18.5 Å². The Morgan fingerprint density at radius 3 is 2.39 bits per heavy atom. The third-order valence-corrected chi connectivity index (χ3v) is 4.91. The third-order valence-electron chi connectivity index (χ3n) is 4.38. The number of fused-ring (bicyclic) bond motifs is 1. The second-order valence-electron chi connectivity index (χ2n) is 5.90. The largest absolute Gasteiger partial charge is 0.486 e. The van der Waals surface area contributed by atoms with E-state index in [4.69, 9.17) is 9.47 Å². The molecule has 2 aromatic carbocycles. The van der Waals surface area contributed by atoms with Crippen molar-refractivity contribution in [3.8, 4) is 11.5 Å². The Morgan fingerprint density at radius 2 is 1.70 bits per heavy atom. The first-order chi connectivity index (χ1) is 11.2. The van der Waals surface area contributed by atoms with Crippen LogP contribution in [0.25, 0.3) is 0 Å². The van der Waals surface area contributed by atoms with Crippen molar-refractivity contribution in [3.63, 3.8) is 0 Å². The van der Waals surface area contributed by atoms with Crippen molar-refractivity contribution in [2.24, 2.45) is 0 Å². The molecule has 0 unspecified atom stereocenters. The molecule has 1 saturated carbocycles. The van der Waals surface area contributed by atoms with E-state index in [0.29, 0.717) is 13.2 Å². The van der Waals surface area contributed by atoms with Crippen LogP contribution >= 0.6 is 15.9 Å². The smallest absolute Gasteiger partial charge is 0.235 e. The van der Waals surface area contributed by atoms with Gasteiger partial charge in [0.1, 0.15) is 13.2 Å². The minimum Gasteiger partial charge on any atom is -0.486 e. The van der Waals surface area contributed by atoms with Crippen LogP contribution in [0.2, 0.25) is 0 Å². The molecule has 0 saturated heterocycles. The SMILES string of the molecule is O=C(Nc1ccc(Br)cc1)C1(c2ccc3c(c2)OCCO3)CC1. The summed E-state index contributed by atoms with van der Waals surface area (Å²) >= 11 is 3.40. The van der Waals surface area contributed by atoms with Gasteiger partial charge in [0, 0.05) is 10.2 Å². The van der Waals surface area contributed by atoms with E-state index in [-0.39, 0.29) is 5.91 Å². The van der Waals surface area contributed by atoms with Crippen molar-refractivity contribution >= 4 is 27.5 Å². The molecule has 23 heavy (non-hydrogen) atoms. The van der Waals surface area contributed by atoms with E-state index in [1.54, 1.807) is 0 Å². The predicted molar refractivity (Wildman–Crippen MR) is 91.1 cm³/mol. The van der Waals surface area contributed by atoms with E-state index in [2.05, 4.69) is 21.2 Å². The Morgan fingerprint density at radius 1 is 1.00 bits per heavy atom. The van der Waals surface area contributed by atoms with E-state index in [1.807, 2.05) is 42.5 Å². The summed E-state index contributed by atoms with van der Waals surface area (Å²) in [5.74, 6) is 1.53. The number of carbonyl (C=O) groups is 1. The number of hydrogen-bond acceptors (Lipinski definition) is 3. The van der Waals surface area contributed by atoms with Gasteiger partial charge in [-0.2, -0.15) is 0 Å². The summed E-state index contributed by atoms with van der Waals surface area (Å²) in [6.07, 6.45) is 1.71. The highest BCUT2D eigenvalue weighted by molar-refractivity contribution is 9.10. The van der Waals surface area contributed by atoms with Crippen LogP contribution in [-0.2, 0) is 10.2 Å². The number of halogens is 1. The Hall–Kier alpha value is -2.01. The molecule has 1 amide bonds. The van der Waals surface area contributed by atoms with Crippen molar-refractivity contribution in [3.05, 3.63) is 52.5 Å². The zero-order chi connectivity index (χ0) is 15.9. The lowest BCUT2D eigenvalue weighted by molar-refractivity contribution is -0.118. The van der Waals surface area contributed by atoms with Gasteiger partial charge in [0.15, 0.2) is 11.5 Å². The average molecular weight is 374 g/mol. The fourth-order valence-electron chi connectivity index (χ4n) is 2.90. The molecule has 1 fully saturated rings. The fourth-order valence-corrected chi connectivity index (χ4v) is 3.16. The highest BCUT2D eigenvalue weighted by Crippen LogP contribution is 2.50. The third kappa shape index (κ3) is 2.70. The number of anilines is 1. The normalized spacial score (nSPS) is 17.4. The van der Waals surface area contributed by atoms with Crippen molar-refractivity contribution in [2.45, 2.75) is 18.3 Å². The highest BCUT2D eigenvalue weighted by Gasteiger charge is 2.51. The molecule has 0 bridgehead atoms. The first kappa shape index (κ1) is 14.6. The van der Waals surface area contributed by atoms with Gasteiger partial charge in [-0.25, -0.2) is 0 Å². The first-order valence-electron chi connectivity index (χ1n) is 7.65. The number of benzene rings is 2. The Labute approximate surface area is 142 Å². The molecular weight excluding hydrogens is 358 g/mol. The lowest BCUT2D eigenvalue weighted by Crippen LogP contribution is -2.28. The van der Waals surface area contributed by atoms with Crippen LogP contribution in [0.15, 0.2) is 46.9 Å². The van der Waals surface area contributed by atoms with E-state index >= 15 is 0 Å². The van der Waals surface area contributed by atoms with E-state index in [9.17, 15) is 4.79 Å². The highest BCUT2D eigenvalue weighted by atomic mass is 79.9. The molecule has 0 spiro atoms. The van der Waals surface area contributed by atoms with Crippen molar-refractivity contribution in [1.29, 1.82) is 0 Å². The van der Waals surface area contributed by atoms with Gasteiger partial charge in [-0.1, -0.05) is 22.0 Å². The van der Waals surface area contributed by atoms with E-state index in [0.717, 1.165) is 40.1 Å². The molecule has 1 N–H and O–H groups in total. The molecule has 5 heteroatoms. The Balaban J connectivity index is 1.58. The minimum absolute atomic E-state index is 0.0384. The maximum atomic E-state index is 12.8. The number of hydrogen-bond donors (Lipinski definition) is 1. The second-order valence-corrected chi connectivity index (χ2v) is 6.82. The summed E-state index contributed by atoms with van der Waals surface area (Å²) in [4.78, 5) is 12.8. The Bertz CT molecular complexity index is 753. The molecule has 1 aliphatic heterocycles. The van der Waals surface area contributed by atoms with Gasteiger partial charge in [-0.15, -0.1) is 0 Å². The number of rotatable bonds is 3. The molecule has 1 heterocycles. The standard InChI is InChI=1S/C18H16BrNO3/c19-13-2-4-14(5-3-13)20-17(21)18(7-8-18)12-1-6-15-16(11-12)23-10-9-22-15/h1-6,11H,7-10H2,(H,20,21). The van der Waals surface area contributed by atoms with Gasteiger partial charge in [0.05, 0.1) is 5.41 Å². The lowest BCUT2D eigenvalue weighted by Gasteiger charge is -2.21. The molecule has 118 valence electrons. The quantitative estimate of drug-likeness (QED) is 0.887. The second kappa shape index (κ2) is 5.57. The van der Waals surface area contributed by atoms with Crippen LogP contribution in [-0.4, -0.2) is 19.1 Å². The summed E-state index contributed by atoms with van der Waals surface area (Å²) in [6.45, 7) is 1.12. The van der Waals surface area contributed by atoms with Crippen LogP contribution in [0.1, 0.15) is 18.4 Å². The maximum absolute atomic E-state index is 12.8. The molecule has 4 rings (SSSR count). The molecule has 2 aromatic rings. The van der Waals surface area contributed by atoms with Gasteiger partial charge in [0.25, 0.3) is 0 Å². The zero-order valence-electron chi connectivity index (χ0n) is 12.5. The fraction of sp³-hybridized carbons (Fsp3) is 0.278. The van der Waals surface area contributed by atoms with Gasteiger partial charge in [-0.3, -0.25) is 4.79 Å². The molecule has 0 aromatic heterocycles. The lowest BCUT2D eigenvalue weighted by atomic mass is 9.94. The average Bonchev–Trinajstić information content (AvgIpc) is 3.38. The summed E-state index contributed by atoms with van der Waals surface area (Å²) < 4.78 is 12.2. The van der Waals surface area contributed by atoms with Crippen LogP contribution in [0.3, 0.4) is 0 Å². The number of amides is 1. The zero-order valence-corrected chi connectivity index (χ0v) is 14.1. The molecule has 1 aliphatic carbocycles.